The van der Waals surface area contributed by atoms with Gasteiger partial charge in [-0.2, -0.15) is 5.10 Å². The third-order valence-corrected chi connectivity index (χ3v) is 4.94. The van der Waals surface area contributed by atoms with Gasteiger partial charge in [-0.25, -0.2) is 9.67 Å². The van der Waals surface area contributed by atoms with Crippen molar-refractivity contribution in [2.45, 2.75) is 6.54 Å². The molecule has 0 saturated carbocycles. The van der Waals surface area contributed by atoms with E-state index in [1.165, 1.54) is 0 Å². The lowest BCUT2D eigenvalue weighted by Gasteiger charge is -2.27. The van der Waals surface area contributed by atoms with E-state index in [0.717, 1.165) is 41.2 Å². The second kappa shape index (κ2) is 7.85. The normalized spacial score (nSPS) is 14.3. The molecule has 0 unspecified atom stereocenters. The highest BCUT2D eigenvalue weighted by molar-refractivity contribution is 5.96. The molecule has 1 N–H and O–H groups in total. The first-order chi connectivity index (χ1) is 13.7. The van der Waals surface area contributed by atoms with Gasteiger partial charge >= 0.3 is 0 Å². The fourth-order valence-electron chi connectivity index (χ4n) is 3.40. The molecule has 1 amide bonds. The number of nitrogens with one attached hydrogen (secondary N) is 1. The lowest BCUT2D eigenvalue weighted by Crippen LogP contribution is -2.46. The molecule has 146 valence electrons. The molecule has 1 fully saturated rings. The number of nitrogens with zero attached hydrogens (tertiary/aromatic N) is 4. The van der Waals surface area contributed by atoms with Crippen LogP contribution in [0.4, 0.5) is 0 Å². The first-order valence-corrected chi connectivity index (χ1v) is 9.22. The average Bonchev–Trinajstić information content (AvgIpc) is 3.16. The number of fused-ring (bicyclic) bond motifs is 1. The minimum absolute atomic E-state index is 0.0143. The molecule has 8 heteroatoms. The van der Waals surface area contributed by atoms with E-state index < -0.39 is 0 Å². The van der Waals surface area contributed by atoms with Gasteiger partial charge in [-0.15, -0.1) is 0 Å². The predicted octanol–water partition coefficient (Wildman–Crippen LogP) is 1.54. The van der Waals surface area contributed by atoms with E-state index in [9.17, 15) is 4.79 Å². The first kappa shape index (κ1) is 18.2. The van der Waals surface area contributed by atoms with Crippen molar-refractivity contribution in [1.29, 1.82) is 0 Å². The van der Waals surface area contributed by atoms with Crippen molar-refractivity contribution in [3.05, 3.63) is 47.8 Å². The maximum Gasteiger partial charge on any atom is 0.255 e. The highest BCUT2D eigenvalue weighted by atomic mass is 16.5. The molecule has 3 heterocycles. The Morgan fingerprint density at radius 3 is 2.71 bits per heavy atom. The van der Waals surface area contributed by atoms with Gasteiger partial charge in [0, 0.05) is 49.4 Å². The Morgan fingerprint density at radius 2 is 1.96 bits per heavy atom. The highest BCUT2D eigenvalue weighted by Crippen LogP contribution is 2.26. The summed E-state index contributed by atoms with van der Waals surface area (Å²) in [4.78, 5) is 19.1. The third kappa shape index (κ3) is 3.50. The van der Waals surface area contributed by atoms with Crippen LogP contribution in [-0.2, 0) is 6.54 Å². The monoisotopic (exact) mass is 381 g/mol. The Labute approximate surface area is 163 Å². The van der Waals surface area contributed by atoms with Crippen LogP contribution in [0.25, 0.3) is 11.0 Å². The maximum atomic E-state index is 12.7. The first-order valence-electron chi connectivity index (χ1n) is 9.22. The summed E-state index contributed by atoms with van der Waals surface area (Å²) in [5.41, 5.74) is 2.29. The Morgan fingerprint density at radius 1 is 1.14 bits per heavy atom. The van der Waals surface area contributed by atoms with Gasteiger partial charge in [0.25, 0.3) is 5.91 Å². The average molecular weight is 381 g/mol. The fraction of sp³-hybridized carbons (Fsp3) is 0.350. The highest BCUT2D eigenvalue weighted by Gasteiger charge is 2.19. The molecule has 0 atom stereocenters. The molecule has 4 rings (SSSR count). The summed E-state index contributed by atoms with van der Waals surface area (Å²) < 4.78 is 12.5. The quantitative estimate of drug-likeness (QED) is 0.722. The SMILES string of the molecule is COc1ccc(Cn2ncc3cc(C(=O)N4CCNCC4)cnc32)c(OC)c1. The minimum Gasteiger partial charge on any atom is -0.497 e. The van der Waals surface area contributed by atoms with E-state index in [0.29, 0.717) is 25.2 Å². The fourth-order valence-corrected chi connectivity index (χ4v) is 3.40. The number of pyridine rings is 1. The minimum atomic E-state index is 0.0143. The summed E-state index contributed by atoms with van der Waals surface area (Å²) >= 11 is 0. The van der Waals surface area contributed by atoms with Crippen molar-refractivity contribution in [3.8, 4) is 11.5 Å². The molecule has 0 radical (unpaired) electrons. The van der Waals surface area contributed by atoms with Crippen molar-refractivity contribution in [1.82, 2.24) is 25.0 Å². The molecule has 0 bridgehead atoms. The summed E-state index contributed by atoms with van der Waals surface area (Å²) in [6, 6.07) is 7.55. The van der Waals surface area contributed by atoms with Gasteiger partial charge in [-0.3, -0.25) is 4.79 Å². The zero-order chi connectivity index (χ0) is 19.5. The molecule has 2 aromatic heterocycles. The molecule has 0 spiro atoms. The summed E-state index contributed by atoms with van der Waals surface area (Å²) in [6.45, 7) is 3.58. The Kier molecular flexibility index (Phi) is 5.12. The van der Waals surface area contributed by atoms with E-state index in [-0.39, 0.29) is 5.91 Å². The van der Waals surface area contributed by atoms with Gasteiger partial charge in [-0.05, 0) is 18.2 Å². The topological polar surface area (TPSA) is 81.5 Å². The molecule has 0 aliphatic carbocycles. The smallest absolute Gasteiger partial charge is 0.255 e. The van der Waals surface area contributed by atoms with Crippen LogP contribution >= 0.6 is 0 Å². The van der Waals surface area contributed by atoms with Crippen LogP contribution < -0.4 is 14.8 Å². The summed E-state index contributed by atoms with van der Waals surface area (Å²) in [7, 11) is 3.25. The Balaban J connectivity index is 1.59. The van der Waals surface area contributed by atoms with E-state index in [1.54, 1.807) is 31.3 Å². The molecular formula is C20H23N5O3. The van der Waals surface area contributed by atoms with Crippen molar-refractivity contribution in [3.63, 3.8) is 0 Å². The summed E-state index contributed by atoms with van der Waals surface area (Å²) in [5, 5.41) is 8.55. The van der Waals surface area contributed by atoms with Gasteiger partial charge in [0.1, 0.15) is 11.5 Å². The van der Waals surface area contributed by atoms with Crippen LogP contribution in [0.2, 0.25) is 0 Å². The van der Waals surface area contributed by atoms with Crippen LogP contribution in [0.15, 0.2) is 36.7 Å². The largest absolute Gasteiger partial charge is 0.497 e. The Hall–Kier alpha value is -3.13. The molecule has 3 aromatic rings. The van der Waals surface area contributed by atoms with Gasteiger partial charge in [0.05, 0.1) is 32.5 Å². The number of aromatic nitrogens is 3. The second-order valence-electron chi connectivity index (χ2n) is 6.66. The van der Waals surface area contributed by atoms with Crippen molar-refractivity contribution in [2.75, 3.05) is 40.4 Å². The van der Waals surface area contributed by atoms with Crippen LogP contribution in [0.3, 0.4) is 0 Å². The zero-order valence-corrected chi connectivity index (χ0v) is 16.0. The number of ether oxygens (including phenoxy) is 2. The summed E-state index contributed by atoms with van der Waals surface area (Å²) in [5.74, 6) is 1.48. The Bertz CT molecular complexity index is 995. The number of hydrogen-bond donors (Lipinski definition) is 1. The van der Waals surface area contributed by atoms with E-state index in [1.807, 2.05) is 29.2 Å². The van der Waals surface area contributed by atoms with Crippen molar-refractivity contribution in [2.24, 2.45) is 0 Å². The number of amides is 1. The van der Waals surface area contributed by atoms with Gasteiger partial charge < -0.3 is 19.7 Å². The molecule has 1 aliphatic rings. The number of carbonyl (C=O) groups excluding carboxylic acids is 1. The lowest BCUT2D eigenvalue weighted by molar-refractivity contribution is 0.0735. The van der Waals surface area contributed by atoms with Crippen molar-refractivity contribution >= 4 is 16.9 Å². The third-order valence-electron chi connectivity index (χ3n) is 4.94. The lowest BCUT2D eigenvalue weighted by atomic mass is 10.2. The predicted molar refractivity (Wildman–Crippen MR) is 105 cm³/mol. The van der Waals surface area contributed by atoms with Gasteiger partial charge in [0.15, 0.2) is 5.65 Å². The summed E-state index contributed by atoms with van der Waals surface area (Å²) in [6.07, 6.45) is 3.38. The molecule has 8 nitrogen and oxygen atoms in total. The molecular weight excluding hydrogens is 358 g/mol. The number of hydrogen-bond acceptors (Lipinski definition) is 6. The standard InChI is InChI=1S/C20H23N5O3/c1-27-17-4-3-14(18(10-17)28-2)13-25-19-15(12-23-25)9-16(11-22-19)20(26)24-7-5-21-6-8-24/h3-4,9-12,21H,5-8,13H2,1-2H3. The van der Waals surface area contributed by atoms with E-state index >= 15 is 0 Å². The molecule has 1 aromatic carbocycles. The number of piperazine rings is 1. The number of rotatable bonds is 5. The molecule has 1 aliphatic heterocycles. The zero-order valence-electron chi connectivity index (χ0n) is 16.0. The maximum absolute atomic E-state index is 12.7. The number of carbonyl (C=O) groups is 1. The van der Waals surface area contributed by atoms with E-state index in [4.69, 9.17) is 9.47 Å². The van der Waals surface area contributed by atoms with Gasteiger partial charge in [-0.1, -0.05) is 0 Å². The molecule has 28 heavy (non-hydrogen) atoms. The number of benzene rings is 1. The van der Waals surface area contributed by atoms with Crippen LogP contribution in [0.5, 0.6) is 11.5 Å². The number of methoxy groups -OCH3 is 2. The van der Waals surface area contributed by atoms with E-state index in [2.05, 4.69) is 15.4 Å². The van der Waals surface area contributed by atoms with Gasteiger partial charge in [0.2, 0.25) is 0 Å². The van der Waals surface area contributed by atoms with Crippen molar-refractivity contribution < 1.29 is 14.3 Å². The second-order valence-corrected chi connectivity index (χ2v) is 6.66. The van der Waals surface area contributed by atoms with Crippen LogP contribution in [0.1, 0.15) is 15.9 Å². The van der Waals surface area contributed by atoms with Crippen LogP contribution in [0, 0.1) is 0 Å². The van der Waals surface area contributed by atoms with Crippen LogP contribution in [-0.4, -0.2) is 66.0 Å². The molecule has 1 saturated heterocycles.